The van der Waals surface area contributed by atoms with Crippen LogP contribution < -0.4 is 5.32 Å². The van der Waals surface area contributed by atoms with E-state index in [1.54, 1.807) is 0 Å². The Labute approximate surface area is 151 Å². The highest BCUT2D eigenvalue weighted by molar-refractivity contribution is 5.66. The van der Waals surface area contributed by atoms with E-state index in [2.05, 4.69) is 24.4 Å². The van der Waals surface area contributed by atoms with E-state index >= 15 is 0 Å². The molecule has 2 rings (SSSR count). The van der Waals surface area contributed by atoms with Gasteiger partial charge >= 0.3 is 5.97 Å². The maximum absolute atomic E-state index is 10.5. The number of aliphatic hydroxyl groups is 1. The molecule has 0 amide bonds. The summed E-state index contributed by atoms with van der Waals surface area (Å²) >= 11 is 0. The molecular weight excluding hydrogens is 318 g/mol. The number of carboxylic acid groups (broad SMARTS) is 1. The van der Waals surface area contributed by atoms with E-state index in [0.29, 0.717) is 37.0 Å². The molecular formula is C20H35NO4. The number of unbranched alkanes of at least 4 members (excludes halogenated alkanes) is 2. The van der Waals surface area contributed by atoms with Crippen LogP contribution in [0.1, 0.15) is 64.7 Å². The third-order valence-electron chi connectivity index (χ3n) is 5.58. The number of aliphatic hydroxyl groups excluding tert-OH is 1. The van der Waals surface area contributed by atoms with Crippen molar-refractivity contribution in [3.05, 3.63) is 12.2 Å². The minimum absolute atomic E-state index is 0.243. The number of hydrogen-bond acceptors (Lipinski definition) is 4. The van der Waals surface area contributed by atoms with Crippen LogP contribution in [0.15, 0.2) is 12.2 Å². The molecule has 2 aliphatic rings. The minimum atomic E-state index is -0.720. The molecule has 2 fully saturated rings. The number of carbonyl (C=O) groups is 1. The van der Waals surface area contributed by atoms with Gasteiger partial charge in [0.05, 0.1) is 18.3 Å². The van der Waals surface area contributed by atoms with Crippen molar-refractivity contribution >= 4 is 5.97 Å². The maximum atomic E-state index is 10.5. The van der Waals surface area contributed by atoms with Crippen molar-refractivity contribution in [3.63, 3.8) is 0 Å². The number of hydrogen-bond donors (Lipinski definition) is 3. The zero-order valence-corrected chi connectivity index (χ0v) is 15.5. The molecule has 5 atom stereocenters. The maximum Gasteiger partial charge on any atom is 0.303 e. The third-order valence-corrected chi connectivity index (χ3v) is 5.58. The second-order valence-electron chi connectivity index (χ2n) is 7.57. The molecule has 0 aliphatic carbocycles. The van der Waals surface area contributed by atoms with Crippen LogP contribution in [-0.4, -0.2) is 47.6 Å². The molecule has 0 saturated carbocycles. The van der Waals surface area contributed by atoms with Crippen molar-refractivity contribution in [1.29, 1.82) is 0 Å². The summed E-state index contributed by atoms with van der Waals surface area (Å²) in [5.74, 6) is 0.359. The van der Waals surface area contributed by atoms with E-state index in [9.17, 15) is 9.90 Å². The zero-order chi connectivity index (χ0) is 18.1. The first-order valence-electron chi connectivity index (χ1n) is 10.0. The van der Waals surface area contributed by atoms with Crippen molar-refractivity contribution in [2.75, 3.05) is 13.1 Å². The van der Waals surface area contributed by atoms with Crippen LogP contribution in [0, 0.1) is 11.8 Å². The first-order valence-corrected chi connectivity index (χ1v) is 10.0. The lowest BCUT2D eigenvalue weighted by atomic mass is 9.77. The fourth-order valence-electron chi connectivity index (χ4n) is 4.18. The molecule has 0 aromatic carbocycles. The van der Waals surface area contributed by atoms with Crippen LogP contribution in [0.2, 0.25) is 0 Å². The number of allylic oxidation sites excluding steroid dienone is 2. The SMILES string of the molecule is CCCCC(O)CNC[C@@H]1[C@@H](CC=CCCCC(=O)O)[C@H]2CC[C@@H]1O2. The molecule has 2 aliphatic heterocycles. The number of aliphatic carboxylic acids is 1. The average molecular weight is 354 g/mol. The Balaban J connectivity index is 1.69. The smallest absolute Gasteiger partial charge is 0.303 e. The van der Waals surface area contributed by atoms with Gasteiger partial charge in [-0.3, -0.25) is 4.79 Å². The summed E-state index contributed by atoms with van der Waals surface area (Å²) in [5, 5.41) is 22.1. The highest BCUT2D eigenvalue weighted by Gasteiger charge is 2.47. The van der Waals surface area contributed by atoms with E-state index in [-0.39, 0.29) is 12.5 Å². The quantitative estimate of drug-likeness (QED) is 0.350. The lowest BCUT2D eigenvalue weighted by Gasteiger charge is -2.28. The van der Waals surface area contributed by atoms with Gasteiger partial charge in [0.2, 0.25) is 0 Å². The molecule has 25 heavy (non-hydrogen) atoms. The lowest BCUT2D eigenvalue weighted by molar-refractivity contribution is -0.137. The van der Waals surface area contributed by atoms with Gasteiger partial charge in [-0.15, -0.1) is 0 Å². The predicted molar refractivity (Wildman–Crippen MR) is 98.5 cm³/mol. The van der Waals surface area contributed by atoms with E-state index in [0.717, 1.165) is 51.5 Å². The van der Waals surface area contributed by atoms with Gasteiger partial charge in [0, 0.05) is 25.4 Å². The highest BCUT2D eigenvalue weighted by Crippen LogP contribution is 2.44. The third kappa shape index (κ3) is 6.72. The summed E-state index contributed by atoms with van der Waals surface area (Å²) < 4.78 is 6.12. The Hall–Kier alpha value is -0.910. The number of ether oxygens (including phenoxy) is 1. The van der Waals surface area contributed by atoms with Gasteiger partial charge in [-0.05, 0) is 44.4 Å². The number of nitrogens with one attached hydrogen (secondary N) is 1. The monoisotopic (exact) mass is 353 g/mol. The van der Waals surface area contributed by atoms with Crippen LogP contribution in [0.3, 0.4) is 0 Å². The Bertz CT molecular complexity index is 426. The molecule has 5 heteroatoms. The van der Waals surface area contributed by atoms with Crippen molar-refractivity contribution in [2.45, 2.75) is 83.0 Å². The number of fused-ring (bicyclic) bond motifs is 2. The van der Waals surface area contributed by atoms with Gasteiger partial charge in [0.15, 0.2) is 0 Å². The first kappa shape index (κ1) is 20.4. The molecule has 3 N–H and O–H groups in total. The van der Waals surface area contributed by atoms with E-state index in [1.807, 2.05) is 0 Å². The van der Waals surface area contributed by atoms with Crippen molar-refractivity contribution in [3.8, 4) is 0 Å². The molecule has 2 bridgehead atoms. The second kappa shape index (κ2) is 10.9. The Kier molecular flexibility index (Phi) is 8.93. The van der Waals surface area contributed by atoms with Crippen molar-refractivity contribution < 1.29 is 19.7 Å². The largest absolute Gasteiger partial charge is 0.481 e. The molecule has 5 nitrogen and oxygen atoms in total. The fraction of sp³-hybridized carbons (Fsp3) is 0.850. The molecule has 0 aromatic rings. The standard InChI is InChI=1S/C20H35NO4/c1-2-3-8-15(22)13-21-14-17-16(18-11-12-19(17)25-18)9-6-4-5-7-10-20(23)24/h4,6,15-19,21-22H,2-3,5,7-14H2,1H3,(H,23,24)/t15?,16-,17-,18-,19+/m1/s1. The molecule has 0 spiro atoms. The zero-order valence-electron chi connectivity index (χ0n) is 15.5. The Morgan fingerprint density at radius 3 is 2.72 bits per heavy atom. The summed E-state index contributed by atoms with van der Waals surface area (Å²) in [7, 11) is 0. The van der Waals surface area contributed by atoms with Crippen LogP contribution in [0.25, 0.3) is 0 Å². The Morgan fingerprint density at radius 1 is 1.24 bits per heavy atom. The van der Waals surface area contributed by atoms with Crippen molar-refractivity contribution in [1.82, 2.24) is 5.32 Å². The lowest BCUT2D eigenvalue weighted by Crippen LogP contribution is -2.38. The first-order chi connectivity index (χ1) is 12.1. The van der Waals surface area contributed by atoms with Gasteiger partial charge < -0.3 is 20.3 Å². The van der Waals surface area contributed by atoms with Crippen LogP contribution in [0.4, 0.5) is 0 Å². The normalized spacial score (nSPS) is 29.5. The summed E-state index contributed by atoms with van der Waals surface area (Å²) in [4.78, 5) is 10.5. The summed E-state index contributed by atoms with van der Waals surface area (Å²) in [5.41, 5.74) is 0. The average Bonchev–Trinajstić information content (AvgIpc) is 3.18. The molecule has 1 unspecified atom stereocenters. The molecule has 2 saturated heterocycles. The van der Waals surface area contributed by atoms with E-state index in [4.69, 9.17) is 9.84 Å². The van der Waals surface area contributed by atoms with Crippen LogP contribution in [-0.2, 0) is 9.53 Å². The van der Waals surface area contributed by atoms with Crippen molar-refractivity contribution in [2.24, 2.45) is 11.8 Å². The van der Waals surface area contributed by atoms with Gasteiger partial charge in [0.1, 0.15) is 0 Å². The molecule has 144 valence electrons. The summed E-state index contributed by atoms with van der Waals surface area (Å²) in [6, 6.07) is 0. The van der Waals surface area contributed by atoms with Gasteiger partial charge in [-0.1, -0.05) is 31.9 Å². The highest BCUT2D eigenvalue weighted by atomic mass is 16.5. The topological polar surface area (TPSA) is 78.8 Å². The van der Waals surface area contributed by atoms with Gasteiger partial charge in [-0.2, -0.15) is 0 Å². The van der Waals surface area contributed by atoms with Crippen LogP contribution in [0.5, 0.6) is 0 Å². The Morgan fingerprint density at radius 2 is 2.00 bits per heavy atom. The number of carboxylic acids is 1. The minimum Gasteiger partial charge on any atom is -0.481 e. The predicted octanol–water partition coefficient (Wildman–Crippen LogP) is 3.12. The molecule has 0 aromatic heterocycles. The summed E-state index contributed by atoms with van der Waals surface area (Å²) in [6.07, 6.45) is 13.0. The van der Waals surface area contributed by atoms with Gasteiger partial charge in [0.25, 0.3) is 0 Å². The fourth-order valence-corrected chi connectivity index (χ4v) is 4.18. The van der Waals surface area contributed by atoms with E-state index in [1.165, 1.54) is 0 Å². The molecule has 2 heterocycles. The second-order valence-corrected chi connectivity index (χ2v) is 7.57. The molecule has 0 radical (unpaired) electrons. The van der Waals surface area contributed by atoms with Gasteiger partial charge in [-0.25, -0.2) is 0 Å². The summed E-state index contributed by atoms with van der Waals surface area (Å²) in [6.45, 7) is 3.74. The van der Waals surface area contributed by atoms with Crippen LogP contribution >= 0.6 is 0 Å². The number of rotatable bonds is 13. The van der Waals surface area contributed by atoms with E-state index < -0.39 is 5.97 Å².